The van der Waals surface area contributed by atoms with Gasteiger partial charge in [0.15, 0.2) is 0 Å². The van der Waals surface area contributed by atoms with Crippen molar-refractivity contribution in [1.82, 2.24) is 9.97 Å². The first-order valence-electron chi connectivity index (χ1n) is 7.90. The van der Waals surface area contributed by atoms with Gasteiger partial charge in [-0.3, -0.25) is 4.79 Å². The maximum atomic E-state index is 12.4. The molecule has 0 spiro atoms. The number of nitrogens with zero attached hydrogens (tertiary/aromatic N) is 2. The molecule has 2 N–H and O–H groups in total. The molecule has 7 heteroatoms. The molecule has 0 bridgehead atoms. The van der Waals surface area contributed by atoms with Crippen LogP contribution in [0.5, 0.6) is 5.75 Å². The smallest absolute Gasteiger partial charge is 0.274 e. The average molecular weight is 369 g/mol. The second-order valence-corrected chi connectivity index (χ2v) is 5.82. The lowest BCUT2D eigenvalue weighted by atomic mass is 10.2. The number of benzene rings is 2. The lowest BCUT2D eigenvalue weighted by molar-refractivity contribution is 0.102. The van der Waals surface area contributed by atoms with Crippen LogP contribution in [0, 0.1) is 0 Å². The number of methoxy groups -OCH3 is 1. The molecule has 6 nitrogen and oxygen atoms in total. The summed E-state index contributed by atoms with van der Waals surface area (Å²) in [6.45, 7) is 0.496. The van der Waals surface area contributed by atoms with E-state index in [4.69, 9.17) is 16.3 Å². The molecular formula is C19H17ClN4O2. The van der Waals surface area contributed by atoms with E-state index in [1.165, 1.54) is 6.33 Å². The van der Waals surface area contributed by atoms with Crippen molar-refractivity contribution >= 4 is 29.0 Å². The normalized spacial score (nSPS) is 10.2. The summed E-state index contributed by atoms with van der Waals surface area (Å²) in [7, 11) is 1.59. The zero-order chi connectivity index (χ0) is 18.4. The van der Waals surface area contributed by atoms with Gasteiger partial charge in [-0.25, -0.2) is 9.97 Å². The van der Waals surface area contributed by atoms with Gasteiger partial charge in [0, 0.05) is 23.3 Å². The van der Waals surface area contributed by atoms with Gasteiger partial charge >= 0.3 is 0 Å². The number of carbonyl (C=O) groups excluding carboxylic acids is 1. The minimum Gasteiger partial charge on any atom is -0.497 e. The quantitative estimate of drug-likeness (QED) is 0.687. The summed E-state index contributed by atoms with van der Waals surface area (Å²) in [5.41, 5.74) is 1.86. The van der Waals surface area contributed by atoms with Crippen LogP contribution in [0.1, 0.15) is 16.1 Å². The van der Waals surface area contributed by atoms with E-state index < -0.39 is 0 Å². The number of carbonyl (C=O) groups is 1. The highest BCUT2D eigenvalue weighted by molar-refractivity contribution is 6.31. The molecule has 1 aromatic heterocycles. The maximum absolute atomic E-state index is 12.4. The summed E-state index contributed by atoms with van der Waals surface area (Å²) in [5, 5.41) is 6.60. The summed E-state index contributed by atoms with van der Waals surface area (Å²) < 4.78 is 5.10. The first kappa shape index (κ1) is 17.7. The molecule has 26 heavy (non-hydrogen) atoms. The zero-order valence-electron chi connectivity index (χ0n) is 14.1. The number of halogens is 1. The van der Waals surface area contributed by atoms with Crippen LogP contribution in [-0.4, -0.2) is 23.0 Å². The van der Waals surface area contributed by atoms with Gasteiger partial charge in [-0.15, -0.1) is 0 Å². The van der Waals surface area contributed by atoms with Crippen LogP contribution in [0.3, 0.4) is 0 Å². The van der Waals surface area contributed by atoms with E-state index >= 15 is 0 Å². The molecule has 0 saturated carbocycles. The number of hydrogen-bond donors (Lipinski definition) is 2. The lowest BCUT2D eigenvalue weighted by Gasteiger charge is -2.09. The Morgan fingerprint density at radius 2 is 1.88 bits per heavy atom. The molecule has 3 aromatic rings. The average Bonchev–Trinajstić information content (AvgIpc) is 2.68. The Labute approximate surface area is 156 Å². The summed E-state index contributed by atoms with van der Waals surface area (Å²) in [4.78, 5) is 20.5. The van der Waals surface area contributed by atoms with Crippen molar-refractivity contribution in [2.45, 2.75) is 6.54 Å². The fourth-order valence-corrected chi connectivity index (χ4v) is 2.48. The first-order valence-corrected chi connectivity index (χ1v) is 8.28. The number of amides is 1. The number of rotatable bonds is 6. The predicted octanol–water partition coefficient (Wildman–Crippen LogP) is 4.00. The van der Waals surface area contributed by atoms with Crippen LogP contribution in [-0.2, 0) is 6.54 Å². The fourth-order valence-electron chi connectivity index (χ4n) is 2.28. The molecule has 0 radical (unpaired) electrons. The fraction of sp³-hybridized carbons (Fsp3) is 0.105. The standard InChI is InChI=1S/C19H17ClN4O2/c1-26-15-8-6-14(7-9-15)24-19(25)17-10-18(23-12-22-17)21-11-13-4-2-3-5-16(13)20/h2-10,12H,11H2,1H3,(H,24,25)(H,21,22,23). The molecule has 0 aliphatic heterocycles. The molecule has 0 aliphatic carbocycles. The summed E-state index contributed by atoms with van der Waals surface area (Å²) in [6, 6.07) is 16.2. The van der Waals surface area contributed by atoms with E-state index in [1.807, 2.05) is 24.3 Å². The molecular weight excluding hydrogens is 352 g/mol. The third-order valence-corrected chi connectivity index (χ3v) is 4.03. The Kier molecular flexibility index (Phi) is 5.66. The van der Waals surface area contributed by atoms with Crippen molar-refractivity contribution in [3.63, 3.8) is 0 Å². The summed E-state index contributed by atoms with van der Waals surface area (Å²) in [5.74, 6) is 0.939. The van der Waals surface area contributed by atoms with E-state index in [-0.39, 0.29) is 11.6 Å². The Balaban J connectivity index is 1.66. The van der Waals surface area contributed by atoms with Gasteiger partial charge in [0.25, 0.3) is 5.91 Å². The number of ether oxygens (including phenoxy) is 1. The second-order valence-electron chi connectivity index (χ2n) is 5.42. The molecule has 1 amide bonds. The number of hydrogen-bond acceptors (Lipinski definition) is 5. The largest absolute Gasteiger partial charge is 0.497 e. The SMILES string of the molecule is COc1ccc(NC(=O)c2cc(NCc3ccccc3Cl)ncn2)cc1. The third kappa shape index (κ3) is 4.49. The van der Waals surface area contributed by atoms with Crippen molar-refractivity contribution in [2.24, 2.45) is 0 Å². The maximum Gasteiger partial charge on any atom is 0.274 e. The van der Waals surface area contributed by atoms with Crippen LogP contribution in [0.4, 0.5) is 11.5 Å². The Morgan fingerprint density at radius 1 is 1.12 bits per heavy atom. The van der Waals surface area contributed by atoms with E-state index in [0.29, 0.717) is 23.1 Å². The van der Waals surface area contributed by atoms with Gasteiger partial charge in [0.05, 0.1) is 7.11 Å². The minimum atomic E-state index is -0.321. The van der Waals surface area contributed by atoms with E-state index in [0.717, 1.165) is 11.3 Å². The predicted molar refractivity (Wildman–Crippen MR) is 102 cm³/mol. The molecule has 0 atom stereocenters. The van der Waals surface area contributed by atoms with Crippen LogP contribution in [0.15, 0.2) is 60.9 Å². The summed E-state index contributed by atoms with van der Waals surface area (Å²) >= 11 is 6.14. The van der Waals surface area contributed by atoms with Gasteiger partial charge in [-0.05, 0) is 35.9 Å². The molecule has 0 unspecified atom stereocenters. The molecule has 2 aromatic carbocycles. The van der Waals surface area contributed by atoms with Crippen molar-refractivity contribution in [3.8, 4) is 5.75 Å². The Hall–Kier alpha value is -3.12. The van der Waals surface area contributed by atoms with Gasteiger partial charge in [-0.1, -0.05) is 29.8 Å². The molecule has 3 rings (SSSR count). The van der Waals surface area contributed by atoms with Gasteiger partial charge in [-0.2, -0.15) is 0 Å². The highest BCUT2D eigenvalue weighted by Crippen LogP contribution is 2.18. The van der Waals surface area contributed by atoms with E-state index in [1.54, 1.807) is 37.4 Å². The summed E-state index contributed by atoms with van der Waals surface area (Å²) in [6.07, 6.45) is 1.35. The first-order chi connectivity index (χ1) is 12.7. The highest BCUT2D eigenvalue weighted by atomic mass is 35.5. The van der Waals surface area contributed by atoms with E-state index in [2.05, 4.69) is 20.6 Å². The Morgan fingerprint density at radius 3 is 2.62 bits per heavy atom. The molecule has 1 heterocycles. The second kappa shape index (κ2) is 8.31. The molecule has 0 fully saturated rings. The van der Waals surface area contributed by atoms with E-state index in [9.17, 15) is 4.79 Å². The van der Waals surface area contributed by atoms with Crippen LogP contribution in [0.2, 0.25) is 5.02 Å². The number of aromatic nitrogens is 2. The van der Waals surface area contributed by atoms with Crippen molar-refractivity contribution < 1.29 is 9.53 Å². The number of anilines is 2. The van der Waals surface area contributed by atoms with Crippen LogP contribution >= 0.6 is 11.6 Å². The monoisotopic (exact) mass is 368 g/mol. The topological polar surface area (TPSA) is 76.1 Å². The van der Waals surface area contributed by atoms with Crippen molar-refractivity contribution in [3.05, 3.63) is 77.2 Å². The molecule has 0 aliphatic rings. The minimum absolute atomic E-state index is 0.262. The highest BCUT2D eigenvalue weighted by Gasteiger charge is 2.10. The molecule has 132 valence electrons. The third-order valence-electron chi connectivity index (χ3n) is 3.67. The van der Waals surface area contributed by atoms with Gasteiger partial charge in [0.2, 0.25) is 0 Å². The zero-order valence-corrected chi connectivity index (χ0v) is 14.8. The van der Waals surface area contributed by atoms with Crippen LogP contribution < -0.4 is 15.4 Å². The Bertz CT molecular complexity index is 900. The van der Waals surface area contributed by atoms with Gasteiger partial charge < -0.3 is 15.4 Å². The number of nitrogens with one attached hydrogen (secondary N) is 2. The van der Waals surface area contributed by atoms with Crippen molar-refractivity contribution in [1.29, 1.82) is 0 Å². The lowest BCUT2D eigenvalue weighted by Crippen LogP contribution is -2.14. The van der Waals surface area contributed by atoms with Gasteiger partial charge in [0.1, 0.15) is 23.6 Å². The molecule has 0 saturated heterocycles. The van der Waals surface area contributed by atoms with Crippen molar-refractivity contribution in [2.75, 3.05) is 17.7 Å². The van der Waals surface area contributed by atoms with Crippen LogP contribution in [0.25, 0.3) is 0 Å².